The molecule has 0 fully saturated rings. The van der Waals surface area contributed by atoms with Crippen LogP contribution in [0.3, 0.4) is 0 Å². The molecule has 1 heterocycles. The van der Waals surface area contributed by atoms with Gasteiger partial charge in [0.2, 0.25) is 5.78 Å². The molecule has 1 amide bonds. The van der Waals surface area contributed by atoms with Crippen LogP contribution in [0.2, 0.25) is 5.02 Å². The van der Waals surface area contributed by atoms with Crippen molar-refractivity contribution in [1.82, 2.24) is 10.3 Å². The highest BCUT2D eigenvalue weighted by Gasteiger charge is 2.15. The third-order valence-electron chi connectivity index (χ3n) is 3.80. The summed E-state index contributed by atoms with van der Waals surface area (Å²) in [5.74, 6) is -0.223. The third kappa shape index (κ3) is 5.15. The number of anilines is 1. The fourth-order valence-corrected chi connectivity index (χ4v) is 3.43. The summed E-state index contributed by atoms with van der Waals surface area (Å²) in [6, 6.07) is 16.1. The van der Waals surface area contributed by atoms with Gasteiger partial charge in [0.1, 0.15) is 0 Å². The van der Waals surface area contributed by atoms with Crippen LogP contribution in [0.5, 0.6) is 0 Å². The molecule has 0 saturated heterocycles. The van der Waals surface area contributed by atoms with Gasteiger partial charge in [0.25, 0.3) is 5.91 Å². The lowest BCUT2D eigenvalue weighted by Crippen LogP contribution is -2.25. The summed E-state index contributed by atoms with van der Waals surface area (Å²) in [6.45, 7) is 1.19. The molecule has 0 aliphatic heterocycles. The zero-order chi connectivity index (χ0) is 19.1. The van der Waals surface area contributed by atoms with Gasteiger partial charge in [-0.1, -0.05) is 53.3 Å². The summed E-state index contributed by atoms with van der Waals surface area (Å²) in [7, 11) is 0. The number of nitrogens with one attached hydrogen (secondary N) is 2. The molecule has 3 aromatic rings. The number of hydrogen-bond donors (Lipinski definition) is 2. The molecule has 7 heteroatoms. The van der Waals surface area contributed by atoms with Crippen molar-refractivity contribution in [3.63, 3.8) is 0 Å². The number of carbonyl (C=O) groups is 2. The molecular formula is C20H18ClN3O2S. The second-order valence-electron chi connectivity index (χ2n) is 5.74. The number of halogens is 1. The number of rotatable bonds is 8. The van der Waals surface area contributed by atoms with E-state index in [0.29, 0.717) is 39.2 Å². The second kappa shape index (κ2) is 9.30. The number of amides is 1. The minimum Gasteiger partial charge on any atom is -0.361 e. The van der Waals surface area contributed by atoms with E-state index in [1.807, 2.05) is 18.2 Å². The predicted molar refractivity (Wildman–Crippen MR) is 109 cm³/mol. The normalized spacial score (nSPS) is 10.4. The van der Waals surface area contributed by atoms with Gasteiger partial charge >= 0.3 is 0 Å². The van der Waals surface area contributed by atoms with Crippen LogP contribution in [0.15, 0.2) is 60.8 Å². The molecule has 27 heavy (non-hydrogen) atoms. The van der Waals surface area contributed by atoms with Gasteiger partial charge in [0, 0.05) is 24.2 Å². The largest absolute Gasteiger partial charge is 0.361 e. The van der Waals surface area contributed by atoms with Crippen LogP contribution >= 0.6 is 22.9 Å². The average Bonchev–Trinajstić information content (AvgIpc) is 3.17. The maximum atomic E-state index is 12.5. The van der Waals surface area contributed by atoms with Crippen LogP contribution in [-0.4, -0.2) is 29.8 Å². The molecule has 0 aliphatic rings. The highest BCUT2D eigenvalue weighted by molar-refractivity contribution is 7.17. The van der Waals surface area contributed by atoms with E-state index in [4.69, 9.17) is 11.6 Å². The summed E-state index contributed by atoms with van der Waals surface area (Å²) < 4.78 is 0. The van der Waals surface area contributed by atoms with Crippen molar-refractivity contribution in [1.29, 1.82) is 0 Å². The van der Waals surface area contributed by atoms with Gasteiger partial charge in [-0.25, -0.2) is 4.98 Å². The zero-order valence-electron chi connectivity index (χ0n) is 14.4. The minimum atomic E-state index is -0.138. The molecule has 0 radical (unpaired) electrons. The van der Waals surface area contributed by atoms with E-state index in [2.05, 4.69) is 15.6 Å². The number of hydrogen-bond acceptors (Lipinski definition) is 5. The third-order valence-corrected chi connectivity index (χ3v) is 5.08. The number of benzene rings is 2. The standard InChI is InChI=1S/C20H18ClN3O2S/c21-16-10-5-4-9-15(16)18(25)17-13-24-20(27-17)23-12-6-11-22-19(26)14-7-2-1-3-8-14/h1-5,7-10,13H,6,11-12H2,(H,22,26)(H,23,24). The molecule has 5 nitrogen and oxygen atoms in total. The molecule has 0 saturated carbocycles. The molecule has 0 bridgehead atoms. The Morgan fingerprint density at radius 1 is 1.00 bits per heavy atom. The van der Waals surface area contributed by atoms with E-state index in [1.165, 1.54) is 11.3 Å². The van der Waals surface area contributed by atoms with Crippen LogP contribution in [0.1, 0.15) is 32.0 Å². The Morgan fingerprint density at radius 2 is 1.74 bits per heavy atom. The molecule has 3 rings (SSSR count). The molecule has 2 aromatic carbocycles. The number of carbonyl (C=O) groups excluding carboxylic acids is 2. The fraction of sp³-hybridized carbons (Fsp3) is 0.150. The maximum absolute atomic E-state index is 12.5. The van der Waals surface area contributed by atoms with Crippen LogP contribution in [0.25, 0.3) is 0 Å². The van der Waals surface area contributed by atoms with E-state index in [-0.39, 0.29) is 11.7 Å². The summed E-state index contributed by atoms with van der Waals surface area (Å²) in [4.78, 5) is 29.2. The Kier molecular flexibility index (Phi) is 6.57. The van der Waals surface area contributed by atoms with E-state index in [1.54, 1.807) is 42.6 Å². The number of nitrogens with zero attached hydrogens (tertiary/aromatic N) is 1. The van der Waals surface area contributed by atoms with Crippen molar-refractivity contribution in [3.05, 3.63) is 81.8 Å². The average molecular weight is 400 g/mol. The van der Waals surface area contributed by atoms with Crippen LogP contribution in [0.4, 0.5) is 5.13 Å². The Hall–Kier alpha value is -2.70. The van der Waals surface area contributed by atoms with Gasteiger partial charge in [0.15, 0.2) is 5.13 Å². The SMILES string of the molecule is O=C(NCCCNc1ncc(C(=O)c2ccccc2Cl)s1)c1ccccc1. The van der Waals surface area contributed by atoms with Crippen molar-refractivity contribution in [3.8, 4) is 0 Å². The van der Waals surface area contributed by atoms with Gasteiger partial charge in [-0.15, -0.1) is 0 Å². The molecular weight excluding hydrogens is 382 g/mol. The lowest BCUT2D eigenvalue weighted by molar-refractivity contribution is 0.0953. The first-order valence-corrected chi connectivity index (χ1v) is 9.67. The lowest BCUT2D eigenvalue weighted by Gasteiger charge is -2.05. The van der Waals surface area contributed by atoms with E-state index < -0.39 is 0 Å². The molecule has 138 valence electrons. The van der Waals surface area contributed by atoms with Crippen molar-refractivity contribution in [2.75, 3.05) is 18.4 Å². The predicted octanol–water partition coefficient (Wildman–Crippen LogP) is 4.26. The number of ketones is 1. The second-order valence-corrected chi connectivity index (χ2v) is 7.18. The summed E-state index contributed by atoms with van der Waals surface area (Å²) in [5.41, 5.74) is 1.12. The highest BCUT2D eigenvalue weighted by Crippen LogP contribution is 2.24. The van der Waals surface area contributed by atoms with E-state index >= 15 is 0 Å². The van der Waals surface area contributed by atoms with E-state index in [0.717, 1.165) is 6.42 Å². The monoisotopic (exact) mass is 399 g/mol. The lowest BCUT2D eigenvalue weighted by atomic mass is 10.1. The quantitative estimate of drug-likeness (QED) is 0.438. The molecule has 0 spiro atoms. The first-order valence-electron chi connectivity index (χ1n) is 8.47. The van der Waals surface area contributed by atoms with Crippen molar-refractivity contribution < 1.29 is 9.59 Å². The van der Waals surface area contributed by atoms with Gasteiger partial charge in [-0.2, -0.15) is 0 Å². The van der Waals surface area contributed by atoms with Crippen molar-refractivity contribution in [2.24, 2.45) is 0 Å². The first kappa shape index (κ1) is 19.1. The smallest absolute Gasteiger partial charge is 0.251 e. The summed E-state index contributed by atoms with van der Waals surface area (Å²) in [6.07, 6.45) is 2.29. The van der Waals surface area contributed by atoms with Crippen molar-refractivity contribution in [2.45, 2.75) is 6.42 Å². The molecule has 1 aromatic heterocycles. The highest BCUT2D eigenvalue weighted by atomic mass is 35.5. The first-order chi connectivity index (χ1) is 13.1. The van der Waals surface area contributed by atoms with Gasteiger partial charge in [-0.05, 0) is 30.7 Å². The number of thiazole rings is 1. The Morgan fingerprint density at radius 3 is 2.52 bits per heavy atom. The number of aromatic nitrogens is 1. The fourth-order valence-electron chi connectivity index (χ4n) is 2.42. The van der Waals surface area contributed by atoms with Gasteiger partial charge in [0.05, 0.1) is 16.1 Å². The Bertz CT molecular complexity index is 928. The van der Waals surface area contributed by atoms with Crippen molar-refractivity contribution >= 4 is 39.8 Å². The minimum absolute atomic E-state index is 0.0857. The maximum Gasteiger partial charge on any atom is 0.251 e. The molecule has 2 N–H and O–H groups in total. The Labute approximate surface area is 166 Å². The molecule has 0 aliphatic carbocycles. The van der Waals surface area contributed by atoms with Gasteiger partial charge in [-0.3, -0.25) is 9.59 Å². The summed E-state index contributed by atoms with van der Waals surface area (Å²) >= 11 is 7.37. The summed E-state index contributed by atoms with van der Waals surface area (Å²) in [5, 5.41) is 7.14. The van der Waals surface area contributed by atoms with E-state index in [9.17, 15) is 9.59 Å². The zero-order valence-corrected chi connectivity index (χ0v) is 16.0. The molecule has 0 unspecified atom stereocenters. The van der Waals surface area contributed by atoms with Gasteiger partial charge < -0.3 is 10.6 Å². The van der Waals surface area contributed by atoms with Crippen LogP contribution in [0, 0.1) is 0 Å². The topological polar surface area (TPSA) is 71.1 Å². The Balaban J connectivity index is 1.44. The molecule has 0 atom stereocenters. The van der Waals surface area contributed by atoms with Crippen LogP contribution in [-0.2, 0) is 0 Å². The van der Waals surface area contributed by atoms with Crippen LogP contribution < -0.4 is 10.6 Å².